The van der Waals surface area contributed by atoms with E-state index in [9.17, 15) is 4.79 Å². The summed E-state index contributed by atoms with van der Waals surface area (Å²) < 4.78 is 35.7. The predicted octanol–water partition coefficient (Wildman–Crippen LogP) is 6.83. The first-order valence-corrected chi connectivity index (χ1v) is 13.0. The van der Waals surface area contributed by atoms with Crippen LogP contribution in [0.25, 0.3) is 11.2 Å². The van der Waals surface area contributed by atoms with Crippen LogP contribution in [0.4, 0.5) is 4.39 Å². The van der Waals surface area contributed by atoms with Crippen LogP contribution in [0.15, 0.2) is 6.07 Å². The van der Waals surface area contributed by atoms with E-state index in [2.05, 4.69) is 9.97 Å². The zero-order valence-electron chi connectivity index (χ0n) is 21.0. The Morgan fingerprint density at radius 3 is 2.43 bits per heavy atom. The lowest BCUT2D eigenvalue weighted by Crippen LogP contribution is -2.51. The Morgan fingerprint density at radius 2 is 1.83 bits per heavy atom. The van der Waals surface area contributed by atoms with E-state index in [1.807, 2.05) is 4.57 Å². The van der Waals surface area contributed by atoms with Crippen molar-refractivity contribution >= 4 is 40.3 Å². The molecule has 1 saturated carbocycles. The first kappa shape index (κ1) is 26.4. The fourth-order valence-electron chi connectivity index (χ4n) is 4.75. The average molecular weight is 530 g/mol. The van der Waals surface area contributed by atoms with Gasteiger partial charge in [0.1, 0.15) is 34.3 Å². The lowest BCUT2D eigenvalue weighted by Gasteiger charge is -2.43. The standard InChI is InChI=1S/C25H34Cl2FN3O4/c1-23(2,3)35-21(32)24(4,5)25(28)11-9-15(10-12-25)34-22-29-17-14-16(26)19(27)30-20(17)31(22)18-8-6-7-13-33-18/h14-15,18H,6-13H2,1-5H3. The third-order valence-electron chi connectivity index (χ3n) is 7.01. The number of alkyl halides is 1. The summed E-state index contributed by atoms with van der Waals surface area (Å²) in [6.07, 6.45) is 3.50. The van der Waals surface area contributed by atoms with Crippen molar-refractivity contribution in [1.82, 2.24) is 14.5 Å². The predicted molar refractivity (Wildman–Crippen MR) is 133 cm³/mol. The van der Waals surface area contributed by atoms with E-state index in [4.69, 9.17) is 37.4 Å². The zero-order valence-corrected chi connectivity index (χ0v) is 22.5. The first-order chi connectivity index (χ1) is 16.3. The van der Waals surface area contributed by atoms with Gasteiger partial charge in [0.05, 0.1) is 10.4 Å². The molecular formula is C25H34Cl2FN3O4. The maximum atomic E-state index is 16.1. The Bertz CT molecular complexity index is 1080. The third kappa shape index (κ3) is 5.39. The van der Waals surface area contributed by atoms with Crippen LogP contribution in [0.1, 0.15) is 85.8 Å². The number of carbonyl (C=O) groups is 1. The molecule has 0 aromatic carbocycles. The van der Waals surface area contributed by atoms with Crippen LogP contribution in [0.2, 0.25) is 10.2 Å². The van der Waals surface area contributed by atoms with Gasteiger partial charge in [-0.05, 0) is 85.6 Å². The number of hydrogen-bond acceptors (Lipinski definition) is 6. The SMILES string of the molecule is CC(C)(C)OC(=O)C(C)(C)C1(F)CCC(Oc2nc3cc(Cl)c(Cl)nc3n2C2CCCCO2)CC1. The molecule has 2 aromatic heterocycles. The number of rotatable bonds is 5. The molecule has 35 heavy (non-hydrogen) atoms. The molecule has 1 aliphatic carbocycles. The van der Waals surface area contributed by atoms with Gasteiger partial charge in [-0.3, -0.25) is 9.36 Å². The van der Waals surface area contributed by atoms with Gasteiger partial charge >= 0.3 is 12.0 Å². The van der Waals surface area contributed by atoms with Crippen molar-refractivity contribution in [3.05, 3.63) is 16.2 Å². The molecule has 1 unspecified atom stereocenters. The molecule has 1 aliphatic heterocycles. The van der Waals surface area contributed by atoms with Crippen molar-refractivity contribution < 1.29 is 23.4 Å². The Hall–Kier alpha value is -1.64. The second kappa shape index (κ2) is 9.67. The number of aromatic nitrogens is 3. The van der Waals surface area contributed by atoms with Crippen LogP contribution in [-0.4, -0.2) is 44.5 Å². The van der Waals surface area contributed by atoms with Crippen molar-refractivity contribution in [3.63, 3.8) is 0 Å². The highest BCUT2D eigenvalue weighted by Crippen LogP contribution is 2.47. The van der Waals surface area contributed by atoms with Crippen LogP contribution in [0.3, 0.4) is 0 Å². The second-order valence-electron chi connectivity index (χ2n) is 11.1. The summed E-state index contributed by atoms with van der Waals surface area (Å²) in [4.78, 5) is 21.8. The summed E-state index contributed by atoms with van der Waals surface area (Å²) in [5, 5.41) is 0.496. The van der Waals surface area contributed by atoms with Gasteiger partial charge in [0.2, 0.25) is 0 Å². The second-order valence-corrected chi connectivity index (χ2v) is 11.9. The van der Waals surface area contributed by atoms with Gasteiger partial charge in [-0.1, -0.05) is 23.2 Å². The molecule has 1 saturated heterocycles. The van der Waals surface area contributed by atoms with Crippen molar-refractivity contribution in [2.45, 2.75) is 103 Å². The Balaban J connectivity index is 1.53. The number of carbonyl (C=O) groups excluding carboxylic acids is 1. The van der Waals surface area contributed by atoms with Crippen molar-refractivity contribution in [2.75, 3.05) is 6.61 Å². The largest absolute Gasteiger partial charge is 0.461 e. The zero-order chi connectivity index (χ0) is 25.6. The van der Waals surface area contributed by atoms with E-state index in [0.717, 1.165) is 19.3 Å². The molecule has 0 N–H and O–H groups in total. The van der Waals surface area contributed by atoms with Crippen molar-refractivity contribution in [3.8, 4) is 6.01 Å². The summed E-state index contributed by atoms with van der Waals surface area (Å²) in [5.41, 5.74) is -2.53. The number of pyridine rings is 1. The van der Waals surface area contributed by atoms with Crippen LogP contribution >= 0.6 is 23.2 Å². The molecule has 194 valence electrons. The number of nitrogens with zero attached hydrogens (tertiary/aromatic N) is 3. The molecule has 0 amide bonds. The van der Waals surface area contributed by atoms with Gasteiger partial charge in [0.15, 0.2) is 5.65 Å². The van der Waals surface area contributed by atoms with E-state index in [-0.39, 0.29) is 30.3 Å². The van der Waals surface area contributed by atoms with Crippen LogP contribution in [-0.2, 0) is 14.3 Å². The fourth-order valence-corrected chi connectivity index (χ4v) is 5.03. The quantitative estimate of drug-likeness (QED) is 0.312. The smallest absolute Gasteiger partial charge is 0.315 e. The Morgan fingerprint density at radius 1 is 1.14 bits per heavy atom. The fraction of sp³-hybridized carbons (Fsp3) is 0.720. The summed E-state index contributed by atoms with van der Waals surface area (Å²) in [6.45, 7) is 9.25. The minimum atomic E-state index is -1.69. The minimum absolute atomic E-state index is 0.181. The molecule has 2 fully saturated rings. The van der Waals surface area contributed by atoms with Gasteiger partial charge in [-0.15, -0.1) is 0 Å². The summed E-state index contributed by atoms with van der Waals surface area (Å²) in [6, 6.07) is 2.02. The van der Waals surface area contributed by atoms with E-state index in [1.165, 1.54) is 0 Å². The molecule has 0 radical (unpaired) electrons. The van der Waals surface area contributed by atoms with E-state index < -0.39 is 22.7 Å². The molecule has 2 aliphatic rings. The summed E-state index contributed by atoms with van der Waals surface area (Å²) in [5.74, 6) is -0.525. The van der Waals surface area contributed by atoms with Gasteiger partial charge in [-0.25, -0.2) is 9.37 Å². The number of ether oxygens (including phenoxy) is 3. The Kier molecular flexibility index (Phi) is 7.30. The molecule has 7 nitrogen and oxygen atoms in total. The molecule has 2 aromatic rings. The van der Waals surface area contributed by atoms with E-state index >= 15 is 4.39 Å². The molecule has 4 rings (SSSR count). The summed E-state index contributed by atoms with van der Waals surface area (Å²) in [7, 11) is 0. The molecule has 3 heterocycles. The number of halogens is 3. The van der Waals surface area contributed by atoms with Gasteiger partial charge < -0.3 is 14.2 Å². The maximum Gasteiger partial charge on any atom is 0.315 e. The molecule has 10 heteroatoms. The van der Waals surface area contributed by atoms with E-state index in [0.29, 0.717) is 41.6 Å². The highest BCUT2D eigenvalue weighted by Gasteiger charge is 2.54. The average Bonchev–Trinajstić information content (AvgIpc) is 3.11. The van der Waals surface area contributed by atoms with E-state index in [1.54, 1.807) is 40.7 Å². The lowest BCUT2D eigenvalue weighted by atomic mass is 9.68. The maximum absolute atomic E-state index is 16.1. The van der Waals surface area contributed by atoms with Gasteiger partial charge in [0.25, 0.3) is 0 Å². The van der Waals surface area contributed by atoms with Crippen molar-refractivity contribution in [1.29, 1.82) is 0 Å². The minimum Gasteiger partial charge on any atom is -0.461 e. The summed E-state index contributed by atoms with van der Waals surface area (Å²) >= 11 is 12.4. The molecule has 0 spiro atoms. The lowest BCUT2D eigenvalue weighted by molar-refractivity contribution is -0.178. The van der Waals surface area contributed by atoms with Gasteiger partial charge in [0, 0.05) is 6.61 Å². The molecule has 1 atom stereocenters. The molecular weight excluding hydrogens is 496 g/mol. The number of imidazole rings is 1. The highest BCUT2D eigenvalue weighted by atomic mass is 35.5. The first-order valence-electron chi connectivity index (χ1n) is 12.3. The Labute approximate surface area is 215 Å². The highest BCUT2D eigenvalue weighted by molar-refractivity contribution is 6.41. The third-order valence-corrected chi connectivity index (χ3v) is 7.69. The monoisotopic (exact) mass is 529 g/mol. The van der Waals surface area contributed by atoms with Crippen molar-refractivity contribution in [2.24, 2.45) is 5.41 Å². The van der Waals surface area contributed by atoms with Crippen LogP contribution in [0.5, 0.6) is 6.01 Å². The van der Waals surface area contributed by atoms with Gasteiger partial charge in [-0.2, -0.15) is 4.98 Å². The van der Waals surface area contributed by atoms with Crippen LogP contribution in [0, 0.1) is 5.41 Å². The number of hydrogen-bond donors (Lipinski definition) is 0. The number of esters is 1. The number of fused-ring (bicyclic) bond motifs is 1. The topological polar surface area (TPSA) is 75.5 Å². The van der Waals surface area contributed by atoms with Crippen LogP contribution < -0.4 is 4.74 Å². The normalized spacial score (nSPS) is 26.1. The molecule has 0 bridgehead atoms.